The van der Waals surface area contributed by atoms with Gasteiger partial charge in [-0.15, -0.1) is 0 Å². The Bertz CT molecular complexity index is 1140. The summed E-state index contributed by atoms with van der Waals surface area (Å²) >= 11 is 5.80. The standard InChI is InChI=1S/C19H20ClFN2O5S2/c20-14-5-7-15(8-6-14)29(25,26)16-10-12-23(13-16)19(24)9-11-22-30(27,28)18-4-2-1-3-17(18)21/h1-8,16,22H,9-13H2. The van der Waals surface area contributed by atoms with Crippen molar-refractivity contribution in [3.05, 3.63) is 59.4 Å². The Morgan fingerprint density at radius 1 is 1.10 bits per heavy atom. The Kier molecular flexibility index (Phi) is 6.81. The minimum atomic E-state index is -4.09. The van der Waals surface area contributed by atoms with Gasteiger partial charge in [-0.1, -0.05) is 23.7 Å². The van der Waals surface area contributed by atoms with Gasteiger partial charge in [0, 0.05) is 31.1 Å². The lowest BCUT2D eigenvalue weighted by atomic mass is 10.3. The van der Waals surface area contributed by atoms with Crippen LogP contribution in [0.1, 0.15) is 12.8 Å². The van der Waals surface area contributed by atoms with E-state index in [0.29, 0.717) is 5.02 Å². The number of nitrogens with one attached hydrogen (secondary N) is 1. The van der Waals surface area contributed by atoms with E-state index in [1.54, 1.807) is 0 Å². The first kappa shape index (κ1) is 22.7. The lowest BCUT2D eigenvalue weighted by Crippen LogP contribution is -2.35. The molecule has 0 radical (unpaired) electrons. The molecule has 1 atom stereocenters. The van der Waals surface area contributed by atoms with E-state index in [4.69, 9.17) is 11.6 Å². The summed E-state index contributed by atoms with van der Waals surface area (Å²) in [5.74, 6) is -1.26. The fourth-order valence-electron chi connectivity index (χ4n) is 3.22. The number of sulfonamides is 1. The number of rotatable bonds is 7. The number of carbonyl (C=O) groups is 1. The number of likely N-dealkylation sites (tertiary alicyclic amines) is 1. The minimum Gasteiger partial charge on any atom is -0.341 e. The van der Waals surface area contributed by atoms with Crippen LogP contribution in [-0.2, 0) is 24.7 Å². The van der Waals surface area contributed by atoms with Crippen molar-refractivity contribution in [3.63, 3.8) is 0 Å². The average molecular weight is 475 g/mol. The molecule has 2 aromatic rings. The minimum absolute atomic E-state index is 0.0316. The topological polar surface area (TPSA) is 101 Å². The van der Waals surface area contributed by atoms with E-state index >= 15 is 0 Å². The zero-order chi connectivity index (χ0) is 21.9. The largest absolute Gasteiger partial charge is 0.341 e. The van der Waals surface area contributed by atoms with Gasteiger partial charge in [0.25, 0.3) is 0 Å². The molecule has 0 saturated carbocycles. The molecular formula is C19H20ClFN2O5S2. The van der Waals surface area contributed by atoms with Gasteiger partial charge < -0.3 is 4.90 Å². The van der Waals surface area contributed by atoms with Gasteiger partial charge in [0.1, 0.15) is 10.7 Å². The molecule has 0 bridgehead atoms. The molecule has 7 nitrogen and oxygen atoms in total. The highest BCUT2D eigenvalue weighted by molar-refractivity contribution is 7.92. The molecule has 3 rings (SSSR count). The normalized spacial score (nSPS) is 17.3. The van der Waals surface area contributed by atoms with Crippen LogP contribution in [0.4, 0.5) is 4.39 Å². The van der Waals surface area contributed by atoms with Crippen LogP contribution in [0.15, 0.2) is 58.3 Å². The Balaban J connectivity index is 1.56. The Morgan fingerprint density at radius 2 is 1.77 bits per heavy atom. The molecule has 30 heavy (non-hydrogen) atoms. The average Bonchev–Trinajstić information content (AvgIpc) is 3.19. The van der Waals surface area contributed by atoms with Crippen LogP contribution >= 0.6 is 11.6 Å². The van der Waals surface area contributed by atoms with E-state index in [-0.39, 0.29) is 43.3 Å². The fraction of sp³-hybridized carbons (Fsp3) is 0.316. The van der Waals surface area contributed by atoms with Crippen LogP contribution in [0, 0.1) is 5.82 Å². The first-order chi connectivity index (χ1) is 14.1. The number of amides is 1. The van der Waals surface area contributed by atoms with E-state index in [1.807, 2.05) is 0 Å². The molecular weight excluding hydrogens is 455 g/mol. The first-order valence-electron chi connectivity index (χ1n) is 9.13. The number of nitrogens with zero attached hydrogens (tertiary/aromatic N) is 1. The Hall–Kier alpha value is -2.01. The fourth-order valence-corrected chi connectivity index (χ4v) is 6.14. The second-order valence-electron chi connectivity index (χ2n) is 6.83. The van der Waals surface area contributed by atoms with Gasteiger partial charge in [0.15, 0.2) is 9.84 Å². The summed E-state index contributed by atoms with van der Waals surface area (Å²) in [6, 6.07) is 10.8. The molecule has 1 aliphatic heterocycles. The maximum Gasteiger partial charge on any atom is 0.243 e. The number of halogens is 2. The van der Waals surface area contributed by atoms with Crippen LogP contribution in [-0.4, -0.2) is 52.5 Å². The van der Waals surface area contributed by atoms with E-state index in [1.165, 1.54) is 41.3 Å². The van der Waals surface area contributed by atoms with Crippen LogP contribution < -0.4 is 4.72 Å². The molecule has 11 heteroatoms. The predicted molar refractivity (Wildman–Crippen MR) is 110 cm³/mol. The van der Waals surface area contributed by atoms with Crippen LogP contribution in [0.5, 0.6) is 0 Å². The highest BCUT2D eigenvalue weighted by atomic mass is 35.5. The molecule has 162 valence electrons. The Labute approximate surface area is 179 Å². The Morgan fingerprint density at radius 3 is 2.43 bits per heavy atom. The van der Waals surface area contributed by atoms with Gasteiger partial charge in [-0.05, 0) is 42.8 Å². The van der Waals surface area contributed by atoms with Gasteiger partial charge in [-0.2, -0.15) is 0 Å². The summed E-state index contributed by atoms with van der Waals surface area (Å²) in [6.45, 7) is 0.0703. The molecule has 1 fully saturated rings. The highest BCUT2D eigenvalue weighted by Crippen LogP contribution is 2.25. The molecule has 1 saturated heterocycles. The zero-order valence-electron chi connectivity index (χ0n) is 15.8. The molecule has 0 spiro atoms. The van der Waals surface area contributed by atoms with E-state index < -0.39 is 35.8 Å². The second-order valence-corrected chi connectivity index (χ2v) is 11.2. The lowest BCUT2D eigenvalue weighted by molar-refractivity contribution is -0.129. The van der Waals surface area contributed by atoms with Gasteiger partial charge in [-0.3, -0.25) is 4.79 Å². The first-order valence-corrected chi connectivity index (χ1v) is 12.5. The van der Waals surface area contributed by atoms with E-state index in [2.05, 4.69) is 4.72 Å². The van der Waals surface area contributed by atoms with Crippen molar-refractivity contribution in [3.8, 4) is 0 Å². The smallest absolute Gasteiger partial charge is 0.243 e. The van der Waals surface area contributed by atoms with Gasteiger partial charge in [0.2, 0.25) is 15.9 Å². The number of sulfone groups is 1. The molecule has 1 amide bonds. The second kappa shape index (κ2) is 9.01. The summed E-state index contributed by atoms with van der Waals surface area (Å²) < 4.78 is 65.7. The number of hydrogen-bond acceptors (Lipinski definition) is 5. The van der Waals surface area contributed by atoms with E-state index in [9.17, 15) is 26.0 Å². The third-order valence-electron chi connectivity index (χ3n) is 4.84. The summed E-state index contributed by atoms with van der Waals surface area (Å²) in [5, 5.41) is -0.312. The van der Waals surface area contributed by atoms with Gasteiger partial charge in [0.05, 0.1) is 10.1 Å². The molecule has 0 aromatic heterocycles. The molecule has 1 aliphatic rings. The van der Waals surface area contributed by atoms with Crippen molar-refractivity contribution in [1.29, 1.82) is 0 Å². The number of hydrogen-bond donors (Lipinski definition) is 1. The SMILES string of the molecule is O=C(CCNS(=O)(=O)c1ccccc1F)N1CCC(S(=O)(=O)c2ccc(Cl)cc2)C1. The summed E-state index contributed by atoms with van der Waals surface area (Å²) in [5.41, 5.74) is 0. The van der Waals surface area contributed by atoms with Crippen molar-refractivity contribution < 1.29 is 26.0 Å². The maximum absolute atomic E-state index is 13.7. The van der Waals surface area contributed by atoms with Crippen molar-refractivity contribution in [1.82, 2.24) is 9.62 Å². The molecule has 1 heterocycles. The highest BCUT2D eigenvalue weighted by Gasteiger charge is 2.36. The monoisotopic (exact) mass is 474 g/mol. The molecule has 1 N–H and O–H groups in total. The van der Waals surface area contributed by atoms with Crippen LogP contribution in [0.3, 0.4) is 0 Å². The zero-order valence-corrected chi connectivity index (χ0v) is 18.2. The number of carbonyl (C=O) groups excluding carboxylic acids is 1. The lowest BCUT2D eigenvalue weighted by Gasteiger charge is -2.17. The number of benzene rings is 2. The van der Waals surface area contributed by atoms with Gasteiger partial charge >= 0.3 is 0 Å². The van der Waals surface area contributed by atoms with Crippen molar-refractivity contribution in [2.24, 2.45) is 0 Å². The van der Waals surface area contributed by atoms with E-state index in [0.717, 1.165) is 12.1 Å². The molecule has 0 aliphatic carbocycles. The maximum atomic E-state index is 13.7. The summed E-state index contributed by atoms with van der Waals surface area (Å²) in [7, 11) is -7.70. The van der Waals surface area contributed by atoms with Crippen LogP contribution in [0.2, 0.25) is 5.02 Å². The quantitative estimate of drug-likeness (QED) is 0.663. The van der Waals surface area contributed by atoms with Gasteiger partial charge in [-0.25, -0.2) is 25.9 Å². The summed E-state index contributed by atoms with van der Waals surface area (Å²) in [6.07, 6.45) is 0.124. The van der Waals surface area contributed by atoms with Crippen LogP contribution in [0.25, 0.3) is 0 Å². The molecule has 1 unspecified atom stereocenters. The third-order valence-corrected chi connectivity index (χ3v) is 8.77. The third kappa shape index (κ3) is 5.00. The van der Waals surface area contributed by atoms with Crippen molar-refractivity contribution >= 4 is 37.4 Å². The summed E-state index contributed by atoms with van der Waals surface area (Å²) in [4.78, 5) is 13.4. The van der Waals surface area contributed by atoms with Crippen molar-refractivity contribution in [2.45, 2.75) is 27.9 Å². The predicted octanol–water partition coefficient (Wildman–Crippen LogP) is 2.22. The van der Waals surface area contributed by atoms with Crippen molar-refractivity contribution in [2.75, 3.05) is 19.6 Å². The molecule has 2 aromatic carbocycles.